The molecule has 0 bridgehead atoms. The van der Waals surface area contributed by atoms with Gasteiger partial charge >= 0.3 is 11.7 Å². The van der Waals surface area contributed by atoms with Gasteiger partial charge in [-0.3, -0.25) is 10.1 Å². The second-order valence-electron chi connectivity index (χ2n) is 3.96. The van der Waals surface area contributed by atoms with Crippen LogP contribution < -0.4 is 0 Å². The van der Waals surface area contributed by atoms with Crippen molar-refractivity contribution in [2.24, 2.45) is 0 Å². The predicted octanol–water partition coefficient (Wildman–Crippen LogP) is 2.23. The van der Waals surface area contributed by atoms with E-state index in [4.69, 9.17) is 15.4 Å². The number of benzene rings is 1. The SMILES string of the molecule is CC(C)OC(=O)c1cc([N+](=O)[O-])c(F)c(S(=O)(=O)Cl)c1. The summed E-state index contributed by atoms with van der Waals surface area (Å²) in [6, 6.07) is 1.18. The molecule has 0 heterocycles. The Hall–Kier alpha value is -1.74. The van der Waals surface area contributed by atoms with Gasteiger partial charge in [0.15, 0.2) is 0 Å². The third kappa shape index (κ3) is 3.64. The summed E-state index contributed by atoms with van der Waals surface area (Å²) in [5.74, 6) is -2.66. The maximum absolute atomic E-state index is 13.7. The number of nitro benzene ring substituents is 1. The van der Waals surface area contributed by atoms with Crippen molar-refractivity contribution < 1.29 is 27.3 Å². The lowest BCUT2D eigenvalue weighted by Crippen LogP contribution is -2.13. The van der Waals surface area contributed by atoms with E-state index >= 15 is 0 Å². The number of rotatable bonds is 4. The van der Waals surface area contributed by atoms with Gasteiger partial charge in [-0.05, 0) is 19.9 Å². The molecule has 0 spiro atoms. The molecule has 0 saturated heterocycles. The highest BCUT2D eigenvalue weighted by atomic mass is 35.7. The fraction of sp³-hybridized carbons (Fsp3) is 0.300. The number of nitro groups is 1. The minimum Gasteiger partial charge on any atom is -0.459 e. The van der Waals surface area contributed by atoms with Crippen LogP contribution in [0.5, 0.6) is 0 Å². The molecule has 0 aliphatic carbocycles. The van der Waals surface area contributed by atoms with Crippen molar-refractivity contribution in [2.75, 3.05) is 0 Å². The van der Waals surface area contributed by atoms with Crippen LogP contribution in [0.2, 0.25) is 0 Å². The zero-order chi connectivity index (χ0) is 15.7. The molecule has 1 aromatic carbocycles. The smallest absolute Gasteiger partial charge is 0.338 e. The Morgan fingerprint density at radius 2 is 2.00 bits per heavy atom. The van der Waals surface area contributed by atoms with Crippen molar-refractivity contribution in [3.8, 4) is 0 Å². The van der Waals surface area contributed by atoms with Gasteiger partial charge in [0.05, 0.1) is 16.6 Å². The number of carbonyl (C=O) groups is 1. The van der Waals surface area contributed by atoms with E-state index in [1.807, 2.05) is 0 Å². The zero-order valence-corrected chi connectivity index (χ0v) is 11.9. The first-order valence-corrected chi connectivity index (χ1v) is 7.48. The first-order chi connectivity index (χ1) is 9.04. The van der Waals surface area contributed by atoms with Gasteiger partial charge in [-0.15, -0.1) is 0 Å². The highest BCUT2D eigenvalue weighted by Crippen LogP contribution is 2.29. The van der Waals surface area contributed by atoms with E-state index in [-0.39, 0.29) is 0 Å². The molecule has 0 amide bonds. The molecule has 0 saturated carbocycles. The van der Waals surface area contributed by atoms with Gasteiger partial charge in [-0.25, -0.2) is 13.2 Å². The number of hydrogen-bond acceptors (Lipinski definition) is 6. The quantitative estimate of drug-likeness (QED) is 0.364. The molecule has 110 valence electrons. The van der Waals surface area contributed by atoms with Crippen molar-refractivity contribution >= 4 is 31.4 Å². The van der Waals surface area contributed by atoms with Crippen LogP contribution in [0.1, 0.15) is 24.2 Å². The fourth-order valence-electron chi connectivity index (χ4n) is 1.29. The Labute approximate surface area is 117 Å². The number of nitrogens with zero attached hydrogens (tertiary/aromatic N) is 1. The predicted molar refractivity (Wildman–Crippen MR) is 66.6 cm³/mol. The molecular weight excluding hydrogens is 317 g/mol. The van der Waals surface area contributed by atoms with Crippen LogP contribution in [0, 0.1) is 15.9 Å². The average molecular weight is 326 g/mol. The summed E-state index contributed by atoms with van der Waals surface area (Å²) in [5.41, 5.74) is -1.66. The van der Waals surface area contributed by atoms with Gasteiger partial charge in [-0.1, -0.05) is 0 Å². The largest absolute Gasteiger partial charge is 0.459 e. The molecule has 0 radical (unpaired) electrons. The van der Waals surface area contributed by atoms with Crippen LogP contribution in [0.15, 0.2) is 17.0 Å². The Bertz CT molecular complexity index is 673. The Balaban J connectivity index is 3.53. The monoisotopic (exact) mass is 325 g/mol. The topological polar surface area (TPSA) is 104 Å². The highest BCUT2D eigenvalue weighted by molar-refractivity contribution is 8.13. The molecule has 1 rings (SSSR count). The Morgan fingerprint density at radius 3 is 2.40 bits per heavy atom. The van der Waals surface area contributed by atoms with E-state index in [9.17, 15) is 27.7 Å². The molecule has 0 N–H and O–H groups in total. The molecular formula is C10H9ClFNO6S. The Kier molecular flexibility index (Phi) is 4.66. The molecule has 20 heavy (non-hydrogen) atoms. The van der Waals surface area contributed by atoms with Crippen molar-refractivity contribution in [3.63, 3.8) is 0 Å². The van der Waals surface area contributed by atoms with Gasteiger partial charge < -0.3 is 4.74 Å². The lowest BCUT2D eigenvalue weighted by atomic mass is 10.2. The minimum absolute atomic E-state index is 0.481. The number of esters is 1. The van der Waals surface area contributed by atoms with Crippen LogP contribution in [0.25, 0.3) is 0 Å². The molecule has 0 fully saturated rings. The summed E-state index contributed by atoms with van der Waals surface area (Å²) in [4.78, 5) is 20.0. The standard InChI is InChI=1S/C10H9ClFNO6S/c1-5(2)19-10(14)6-3-7(13(15)16)9(12)8(4-6)20(11,17)18/h3-5H,1-2H3. The maximum atomic E-state index is 13.7. The Morgan fingerprint density at radius 1 is 1.45 bits per heavy atom. The lowest BCUT2D eigenvalue weighted by Gasteiger charge is -2.09. The summed E-state index contributed by atoms with van der Waals surface area (Å²) >= 11 is 0. The summed E-state index contributed by atoms with van der Waals surface area (Å²) in [6.45, 7) is 3.05. The fourth-order valence-corrected chi connectivity index (χ4v) is 2.22. The lowest BCUT2D eigenvalue weighted by molar-refractivity contribution is -0.387. The van der Waals surface area contributed by atoms with Gasteiger partial charge in [0.1, 0.15) is 4.90 Å². The highest BCUT2D eigenvalue weighted by Gasteiger charge is 2.28. The minimum atomic E-state index is -4.59. The molecule has 0 unspecified atom stereocenters. The third-order valence-electron chi connectivity index (χ3n) is 2.06. The van der Waals surface area contributed by atoms with Crippen LogP contribution >= 0.6 is 10.7 Å². The van der Waals surface area contributed by atoms with Gasteiger partial charge in [0.25, 0.3) is 9.05 Å². The van der Waals surface area contributed by atoms with Crippen molar-refractivity contribution in [3.05, 3.63) is 33.6 Å². The van der Waals surface area contributed by atoms with Crippen LogP contribution in [-0.2, 0) is 13.8 Å². The maximum Gasteiger partial charge on any atom is 0.338 e. The van der Waals surface area contributed by atoms with Crippen molar-refractivity contribution in [2.45, 2.75) is 24.8 Å². The first-order valence-electron chi connectivity index (χ1n) is 5.17. The van der Waals surface area contributed by atoms with E-state index in [2.05, 4.69) is 0 Å². The van der Waals surface area contributed by atoms with Crippen molar-refractivity contribution in [1.29, 1.82) is 0 Å². The van der Waals surface area contributed by atoms with E-state index in [1.54, 1.807) is 0 Å². The number of carbonyl (C=O) groups excluding carboxylic acids is 1. The molecule has 10 heteroatoms. The number of hydrogen-bond donors (Lipinski definition) is 0. The van der Waals surface area contributed by atoms with Crippen LogP contribution in [0.4, 0.5) is 10.1 Å². The van der Waals surface area contributed by atoms with Gasteiger partial charge in [-0.2, -0.15) is 4.39 Å². The van der Waals surface area contributed by atoms with Crippen molar-refractivity contribution in [1.82, 2.24) is 0 Å². The summed E-state index contributed by atoms with van der Waals surface area (Å²) in [7, 11) is 0.391. The zero-order valence-electron chi connectivity index (χ0n) is 10.3. The molecule has 0 atom stereocenters. The molecule has 0 aliphatic heterocycles. The second-order valence-corrected chi connectivity index (χ2v) is 6.49. The van der Waals surface area contributed by atoms with Crippen LogP contribution in [0.3, 0.4) is 0 Å². The number of halogens is 2. The van der Waals surface area contributed by atoms with Gasteiger partial charge in [0, 0.05) is 16.7 Å². The van der Waals surface area contributed by atoms with E-state index in [1.165, 1.54) is 13.8 Å². The molecule has 0 aromatic heterocycles. The summed E-state index contributed by atoms with van der Waals surface area (Å²) in [6.07, 6.45) is -0.539. The third-order valence-corrected chi connectivity index (χ3v) is 3.38. The van der Waals surface area contributed by atoms with E-state index in [0.717, 1.165) is 0 Å². The number of ether oxygens (including phenoxy) is 1. The normalized spacial score (nSPS) is 11.4. The van der Waals surface area contributed by atoms with E-state index < -0.39 is 48.0 Å². The van der Waals surface area contributed by atoms with Gasteiger partial charge in [0.2, 0.25) is 5.82 Å². The van der Waals surface area contributed by atoms with E-state index in [0.29, 0.717) is 12.1 Å². The summed E-state index contributed by atoms with van der Waals surface area (Å²) < 4.78 is 40.8. The molecule has 7 nitrogen and oxygen atoms in total. The molecule has 0 aliphatic rings. The average Bonchev–Trinajstić information content (AvgIpc) is 2.25. The second kappa shape index (κ2) is 5.71. The van der Waals surface area contributed by atoms with Crippen LogP contribution in [-0.4, -0.2) is 25.4 Å². The summed E-state index contributed by atoms with van der Waals surface area (Å²) in [5, 5.41) is 10.7. The first kappa shape index (κ1) is 16.3. The molecule has 1 aromatic rings.